The van der Waals surface area contributed by atoms with Crippen LogP contribution >= 0.6 is 11.3 Å². The summed E-state index contributed by atoms with van der Waals surface area (Å²) >= 11 is -1.63. The largest absolute Gasteiger partial charge is 0.573 e. The average Bonchev–Trinajstić information content (AvgIpc) is 3.26. The van der Waals surface area contributed by atoms with Gasteiger partial charge in [-0.3, -0.25) is 4.55 Å². The molecule has 0 saturated carbocycles. The Balaban J connectivity index is 1.92. The van der Waals surface area contributed by atoms with E-state index < -0.39 is 35.2 Å². The fraction of sp³-hybridized carbons (Fsp3) is 0.143. The number of hydrogen-bond donors (Lipinski definition) is 1. The van der Waals surface area contributed by atoms with Gasteiger partial charge in [-0.25, -0.2) is 22.7 Å². The molecular weight excluding hydrogens is 516 g/mol. The highest BCUT2D eigenvalue weighted by molar-refractivity contribution is 7.81. The summed E-state index contributed by atoms with van der Waals surface area (Å²) in [5.74, 6) is 2.34. The molecule has 3 aromatic rings. The van der Waals surface area contributed by atoms with Crippen molar-refractivity contribution >= 4 is 40.1 Å². The molecule has 0 amide bonds. The molecule has 0 spiro atoms. The highest BCUT2D eigenvalue weighted by Crippen LogP contribution is 2.36. The van der Waals surface area contributed by atoms with Crippen LogP contribution in [0.15, 0.2) is 41.8 Å². The molecule has 0 bridgehead atoms. The molecule has 1 aromatic heterocycles. The topological polar surface area (TPSA) is 98.2 Å². The van der Waals surface area contributed by atoms with Crippen molar-refractivity contribution in [3.63, 3.8) is 0 Å². The third-order valence-electron chi connectivity index (χ3n) is 4.15. The fourth-order valence-electron chi connectivity index (χ4n) is 2.70. The minimum atomic E-state index is -5.07. The van der Waals surface area contributed by atoms with E-state index in [1.54, 1.807) is 0 Å². The fourth-order valence-corrected chi connectivity index (χ4v) is 3.97. The average molecular weight is 530 g/mol. The van der Waals surface area contributed by atoms with Crippen LogP contribution < -0.4 is 13.8 Å². The molecule has 0 saturated heterocycles. The van der Waals surface area contributed by atoms with Crippen molar-refractivity contribution in [3.05, 3.63) is 63.7 Å². The second-order valence-electron chi connectivity index (χ2n) is 6.36. The molecule has 0 radical (unpaired) electrons. The number of nitrogens with zero attached hydrogens (tertiary/aromatic N) is 2. The Morgan fingerprint density at radius 3 is 2.51 bits per heavy atom. The van der Waals surface area contributed by atoms with Gasteiger partial charge >= 0.3 is 12.3 Å². The van der Waals surface area contributed by atoms with Gasteiger partial charge in [-0.05, 0) is 42.3 Å². The Bertz CT molecular complexity index is 1330. The highest BCUT2D eigenvalue weighted by atomic mass is 32.2. The molecule has 8 nitrogen and oxygen atoms in total. The first-order chi connectivity index (χ1) is 16.5. The first-order valence-corrected chi connectivity index (χ1v) is 11.2. The lowest BCUT2D eigenvalue weighted by atomic mass is 10.2. The monoisotopic (exact) mass is 530 g/mol. The van der Waals surface area contributed by atoms with Gasteiger partial charge in [-0.1, -0.05) is 5.92 Å². The summed E-state index contributed by atoms with van der Waals surface area (Å²) in [6.45, 7) is 0. The predicted octanol–water partition coefficient (Wildman–Crippen LogP) is 4.65. The zero-order chi connectivity index (χ0) is 25.8. The summed E-state index contributed by atoms with van der Waals surface area (Å²) in [4.78, 5) is 15.9. The number of ether oxygens (including phenoxy) is 3. The van der Waals surface area contributed by atoms with Gasteiger partial charge in [0.2, 0.25) is 0 Å². The molecule has 3 rings (SSSR count). The second kappa shape index (κ2) is 10.7. The van der Waals surface area contributed by atoms with Crippen LogP contribution in [-0.4, -0.2) is 40.3 Å². The molecule has 35 heavy (non-hydrogen) atoms. The molecule has 184 valence electrons. The van der Waals surface area contributed by atoms with Gasteiger partial charge in [0.25, 0.3) is 11.3 Å². The van der Waals surface area contributed by atoms with Crippen LogP contribution in [0.5, 0.6) is 11.5 Å². The molecule has 0 aliphatic carbocycles. The number of thiazole rings is 1. The van der Waals surface area contributed by atoms with Crippen molar-refractivity contribution in [2.45, 2.75) is 6.36 Å². The third kappa shape index (κ3) is 6.47. The Kier molecular flexibility index (Phi) is 7.95. The van der Waals surface area contributed by atoms with Gasteiger partial charge in [0.15, 0.2) is 22.4 Å². The number of halogens is 4. The lowest BCUT2D eigenvalue weighted by molar-refractivity contribution is -0.275. The summed E-state index contributed by atoms with van der Waals surface area (Å²) in [5.41, 5.74) is 0.276. The van der Waals surface area contributed by atoms with Crippen LogP contribution in [0, 0.1) is 17.7 Å². The van der Waals surface area contributed by atoms with E-state index in [1.807, 2.05) is 0 Å². The summed E-state index contributed by atoms with van der Waals surface area (Å²) in [6, 6.07) is 6.77. The standard InChI is InChI=1S/C21H14F4N2O6S2/c1-31-17-10-13(20(28)32-2)5-7-15(17)27(35(29)30)18-11-34-19(26-18)8-4-12-3-6-14(22)16(9-12)33-21(23,24)25/h3,5-7,9-11H,1-2H3,(H,29,30). The van der Waals surface area contributed by atoms with Crippen LogP contribution in [0.4, 0.5) is 29.1 Å². The van der Waals surface area contributed by atoms with E-state index in [0.717, 1.165) is 33.8 Å². The molecule has 1 N–H and O–H groups in total. The highest BCUT2D eigenvalue weighted by Gasteiger charge is 2.32. The number of carbonyl (C=O) groups is 1. The molecule has 14 heteroatoms. The Morgan fingerprint density at radius 1 is 1.14 bits per heavy atom. The van der Waals surface area contributed by atoms with Crippen LogP contribution in [0.25, 0.3) is 0 Å². The van der Waals surface area contributed by atoms with Crippen LogP contribution in [-0.2, 0) is 16.0 Å². The summed E-state index contributed by atoms with van der Waals surface area (Å²) in [5, 5.41) is 1.55. The number of carbonyl (C=O) groups excluding carboxylic acids is 1. The number of anilines is 2. The van der Waals surface area contributed by atoms with Crippen molar-refractivity contribution in [2.75, 3.05) is 18.5 Å². The number of aromatic nitrogens is 1. The third-order valence-corrected chi connectivity index (χ3v) is 5.59. The van der Waals surface area contributed by atoms with E-state index in [-0.39, 0.29) is 33.4 Å². The molecule has 1 heterocycles. The van der Waals surface area contributed by atoms with Crippen LogP contribution in [0.1, 0.15) is 20.9 Å². The van der Waals surface area contributed by atoms with E-state index in [4.69, 9.17) is 4.74 Å². The number of hydrogen-bond acceptors (Lipinski definition) is 7. The molecule has 1 unspecified atom stereocenters. The Labute approximate surface area is 202 Å². The minimum Gasteiger partial charge on any atom is -0.495 e. The molecule has 0 aliphatic rings. The quantitative estimate of drug-likeness (QED) is 0.214. The first-order valence-electron chi connectivity index (χ1n) is 9.22. The predicted molar refractivity (Wildman–Crippen MR) is 118 cm³/mol. The number of methoxy groups -OCH3 is 2. The molecular formula is C21H14F4N2O6S2. The van der Waals surface area contributed by atoms with Crippen molar-refractivity contribution < 1.29 is 45.3 Å². The molecule has 0 fully saturated rings. The van der Waals surface area contributed by atoms with Gasteiger partial charge in [0, 0.05) is 10.9 Å². The lowest BCUT2D eigenvalue weighted by Gasteiger charge is -2.20. The van der Waals surface area contributed by atoms with E-state index in [2.05, 4.69) is 26.3 Å². The molecule has 1 atom stereocenters. The van der Waals surface area contributed by atoms with Crippen molar-refractivity contribution in [1.29, 1.82) is 0 Å². The van der Waals surface area contributed by atoms with E-state index in [1.165, 1.54) is 37.8 Å². The Hall–Kier alpha value is -3.67. The van der Waals surface area contributed by atoms with E-state index in [0.29, 0.717) is 0 Å². The van der Waals surface area contributed by atoms with Gasteiger partial charge in [0.1, 0.15) is 11.4 Å². The second-order valence-corrected chi connectivity index (χ2v) is 8.04. The van der Waals surface area contributed by atoms with Crippen LogP contribution in [0.3, 0.4) is 0 Å². The normalized spacial score (nSPS) is 11.7. The summed E-state index contributed by atoms with van der Waals surface area (Å²) in [7, 11) is 2.50. The maximum absolute atomic E-state index is 13.6. The summed E-state index contributed by atoms with van der Waals surface area (Å²) in [6.07, 6.45) is -5.07. The zero-order valence-electron chi connectivity index (χ0n) is 17.8. The van der Waals surface area contributed by atoms with E-state index in [9.17, 15) is 31.1 Å². The molecule has 2 aromatic carbocycles. The van der Waals surface area contributed by atoms with Gasteiger partial charge in [-0.15, -0.1) is 24.5 Å². The maximum Gasteiger partial charge on any atom is 0.573 e. The Morgan fingerprint density at radius 2 is 1.89 bits per heavy atom. The number of alkyl halides is 3. The smallest absolute Gasteiger partial charge is 0.495 e. The first kappa shape index (κ1) is 25.9. The van der Waals surface area contributed by atoms with Crippen molar-refractivity contribution in [1.82, 2.24) is 4.98 Å². The van der Waals surface area contributed by atoms with Gasteiger partial charge in [-0.2, -0.15) is 0 Å². The van der Waals surface area contributed by atoms with E-state index >= 15 is 0 Å². The zero-order valence-corrected chi connectivity index (χ0v) is 19.4. The lowest BCUT2D eigenvalue weighted by Crippen LogP contribution is -2.20. The van der Waals surface area contributed by atoms with Crippen molar-refractivity contribution in [2.24, 2.45) is 0 Å². The van der Waals surface area contributed by atoms with Crippen molar-refractivity contribution in [3.8, 4) is 23.3 Å². The SMILES string of the molecule is COC(=O)c1ccc(N(c2csc(C#Cc3ccc(F)c(OC(F)(F)F)c3)n2)S(=O)O)c(OC)c1. The number of rotatable bonds is 6. The molecule has 0 aliphatic heterocycles. The number of benzene rings is 2. The van der Waals surface area contributed by atoms with Gasteiger partial charge in [0.05, 0.1) is 19.8 Å². The summed E-state index contributed by atoms with van der Waals surface area (Å²) < 4.78 is 87.2. The minimum absolute atomic E-state index is 0.00412. The van der Waals surface area contributed by atoms with Crippen LogP contribution in [0.2, 0.25) is 0 Å². The van der Waals surface area contributed by atoms with Gasteiger partial charge < -0.3 is 14.2 Å². The maximum atomic E-state index is 13.6. The number of esters is 1.